The topological polar surface area (TPSA) is 51.2 Å². The maximum atomic E-state index is 12.3. The summed E-state index contributed by atoms with van der Waals surface area (Å²) in [4.78, 5) is 35.0. The fourth-order valence-electron chi connectivity index (χ4n) is 2.20. The van der Waals surface area contributed by atoms with Crippen molar-refractivity contribution in [3.8, 4) is 0 Å². The number of hydrogen-bond donors (Lipinski definition) is 0. The SMILES string of the molecule is CC(=O)CC(C)C(C(C)=O)C(=O)c1ccccc1. The molecule has 0 radical (unpaired) electrons. The summed E-state index contributed by atoms with van der Waals surface area (Å²) in [5.41, 5.74) is 0.521. The summed E-state index contributed by atoms with van der Waals surface area (Å²) in [6.07, 6.45) is 0.253. The first-order valence-electron chi connectivity index (χ1n) is 6.02. The molecule has 18 heavy (non-hydrogen) atoms. The van der Waals surface area contributed by atoms with E-state index in [1.165, 1.54) is 13.8 Å². The van der Waals surface area contributed by atoms with Crippen molar-refractivity contribution in [1.29, 1.82) is 0 Å². The molecule has 96 valence electrons. The largest absolute Gasteiger partial charge is 0.300 e. The minimum Gasteiger partial charge on any atom is -0.300 e. The van der Waals surface area contributed by atoms with Crippen molar-refractivity contribution < 1.29 is 14.4 Å². The minimum atomic E-state index is -0.726. The third-order valence-corrected chi connectivity index (χ3v) is 2.96. The van der Waals surface area contributed by atoms with Gasteiger partial charge in [0.25, 0.3) is 0 Å². The van der Waals surface area contributed by atoms with Crippen LogP contribution in [-0.4, -0.2) is 17.3 Å². The Morgan fingerprint density at radius 1 is 1.06 bits per heavy atom. The van der Waals surface area contributed by atoms with Gasteiger partial charge in [-0.05, 0) is 19.8 Å². The average Bonchev–Trinajstić information content (AvgIpc) is 2.28. The molecule has 3 nitrogen and oxygen atoms in total. The van der Waals surface area contributed by atoms with Gasteiger partial charge in [0, 0.05) is 12.0 Å². The Hall–Kier alpha value is -1.77. The fourth-order valence-corrected chi connectivity index (χ4v) is 2.20. The van der Waals surface area contributed by atoms with Crippen LogP contribution in [-0.2, 0) is 9.59 Å². The lowest BCUT2D eigenvalue weighted by Crippen LogP contribution is -2.29. The molecule has 0 aliphatic rings. The molecule has 0 amide bonds. The standard InChI is InChI=1S/C15H18O3/c1-10(9-11(2)16)14(12(3)17)15(18)13-7-5-4-6-8-13/h4-8,10,14H,9H2,1-3H3. The molecule has 1 aromatic rings. The average molecular weight is 246 g/mol. The highest BCUT2D eigenvalue weighted by Crippen LogP contribution is 2.22. The van der Waals surface area contributed by atoms with Crippen molar-refractivity contribution in [1.82, 2.24) is 0 Å². The quantitative estimate of drug-likeness (QED) is 0.572. The molecule has 0 aliphatic heterocycles. The fraction of sp³-hybridized carbons (Fsp3) is 0.400. The zero-order chi connectivity index (χ0) is 13.7. The maximum absolute atomic E-state index is 12.3. The van der Waals surface area contributed by atoms with Gasteiger partial charge in [0.2, 0.25) is 0 Å². The van der Waals surface area contributed by atoms with Crippen LogP contribution in [0.3, 0.4) is 0 Å². The highest BCUT2D eigenvalue weighted by Gasteiger charge is 2.30. The molecule has 0 saturated heterocycles. The molecular formula is C15H18O3. The van der Waals surface area contributed by atoms with Gasteiger partial charge in [0.15, 0.2) is 5.78 Å². The summed E-state index contributed by atoms with van der Waals surface area (Å²) in [7, 11) is 0. The van der Waals surface area contributed by atoms with E-state index in [1.54, 1.807) is 31.2 Å². The van der Waals surface area contributed by atoms with E-state index in [0.717, 1.165) is 0 Å². The van der Waals surface area contributed by atoms with Crippen molar-refractivity contribution >= 4 is 17.3 Å². The molecule has 0 saturated carbocycles. The first-order chi connectivity index (χ1) is 8.43. The van der Waals surface area contributed by atoms with Gasteiger partial charge < -0.3 is 4.79 Å². The first-order valence-corrected chi connectivity index (χ1v) is 6.02. The molecular weight excluding hydrogens is 228 g/mol. The summed E-state index contributed by atoms with van der Waals surface area (Å²) in [5.74, 6) is -1.37. The number of carbonyl (C=O) groups is 3. The number of rotatable bonds is 6. The van der Waals surface area contributed by atoms with E-state index in [-0.39, 0.29) is 29.7 Å². The van der Waals surface area contributed by atoms with Crippen molar-refractivity contribution in [3.05, 3.63) is 35.9 Å². The second kappa shape index (κ2) is 6.24. The van der Waals surface area contributed by atoms with E-state index in [9.17, 15) is 14.4 Å². The van der Waals surface area contributed by atoms with Gasteiger partial charge in [0.1, 0.15) is 11.6 Å². The van der Waals surface area contributed by atoms with Crippen LogP contribution in [0.2, 0.25) is 0 Å². The van der Waals surface area contributed by atoms with E-state index < -0.39 is 5.92 Å². The molecule has 1 rings (SSSR count). The molecule has 0 heterocycles. The summed E-state index contributed by atoms with van der Waals surface area (Å²) < 4.78 is 0. The Balaban J connectivity index is 2.96. The Morgan fingerprint density at radius 2 is 1.61 bits per heavy atom. The lowest BCUT2D eigenvalue weighted by molar-refractivity contribution is -0.121. The predicted molar refractivity (Wildman–Crippen MR) is 69.4 cm³/mol. The molecule has 0 aliphatic carbocycles. The highest BCUT2D eigenvalue weighted by atomic mass is 16.2. The van der Waals surface area contributed by atoms with Crippen molar-refractivity contribution in [2.75, 3.05) is 0 Å². The second-order valence-corrected chi connectivity index (χ2v) is 4.70. The minimum absolute atomic E-state index is 0.00499. The van der Waals surface area contributed by atoms with E-state index in [4.69, 9.17) is 0 Å². The third kappa shape index (κ3) is 3.62. The monoisotopic (exact) mass is 246 g/mol. The highest BCUT2D eigenvalue weighted by molar-refractivity contribution is 6.10. The maximum Gasteiger partial charge on any atom is 0.173 e. The van der Waals surface area contributed by atoms with Crippen LogP contribution in [0, 0.1) is 11.8 Å². The van der Waals surface area contributed by atoms with Gasteiger partial charge in [-0.3, -0.25) is 9.59 Å². The molecule has 0 fully saturated rings. The van der Waals surface area contributed by atoms with Gasteiger partial charge in [-0.25, -0.2) is 0 Å². The normalized spacial score (nSPS) is 13.7. The zero-order valence-electron chi connectivity index (χ0n) is 11.0. The van der Waals surface area contributed by atoms with Gasteiger partial charge in [-0.1, -0.05) is 37.3 Å². The van der Waals surface area contributed by atoms with Crippen molar-refractivity contribution in [2.45, 2.75) is 27.2 Å². The smallest absolute Gasteiger partial charge is 0.173 e. The zero-order valence-corrected chi connectivity index (χ0v) is 11.0. The van der Waals surface area contributed by atoms with Crippen LogP contribution in [0.5, 0.6) is 0 Å². The Labute approximate surface area is 107 Å². The Bertz CT molecular complexity index is 448. The van der Waals surface area contributed by atoms with Crippen LogP contribution < -0.4 is 0 Å². The first kappa shape index (κ1) is 14.3. The van der Waals surface area contributed by atoms with Crippen LogP contribution in [0.25, 0.3) is 0 Å². The molecule has 3 heteroatoms. The number of Topliss-reactive ketones (excluding diaryl/α,β-unsaturated/α-hetero) is 3. The summed E-state index contributed by atoms with van der Waals surface area (Å²) >= 11 is 0. The number of benzene rings is 1. The molecule has 0 spiro atoms. The van der Waals surface area contributed by atoms with Crippen LogP contribution in [0.4, 0.5) is 0 Å². The summed E-state index contributed by atoms with van der Waals surface area (Å²) in [6.45, 7) is 4.65. The predicted octanol–water partition coefficient (Wildman–Crippen LogP) is 2.69. The lowest BCUT2D eigenvalue weighted by atomic mass is 9.81. The molecule has 0 aromatic heterocycles. The molecule has 1 aromatic carbocycles. The van der Waals surface area contributed by atoms with E-state index in [2.05, 4.69) is 0 Å². The number of hydrogen-bond acceptors (Lipinski definition) is 3. The van der Waals surface area contributed by atoms with Crippen LogP contribution >= 0.6 is 0 Å². The van der Waals surface area contributed by atoms with E-state index in [0.29, 0.717) is 5.56 Å². The number of ketones is 3. The van der Waals surface area contributed by atoms with Gasteiger partial charge >= 0.3 is 0 Å². The molecule has 2 unspecified atom stereocenters. The van der Waals surface area contributed by atoms with Crippen molar-refractivity contribution in [2.24, 2.45) is 11.8 Å². The van der Waals surface area contributed by atoms with Gasteiger partial charge in [0.05, 0.1) is 5.92 Å². The van der Waals surface area contributed by atoms with Gasteiger partial charge in [-0.2, -0.15) is 0 Å². The van der Waals surface area contributed by atoms with E-state index in [1.807, 2.05) is 6.07 Å². The molecule has 0 N–H and O–H groups in total. The van der Waals surface area contributed by atoms with Gasteiger partial charge in [-0.15, -0.1) is 0 Å². The number of carbonyl (C=O) groups excluding carboxylic acids is 3. The summed E-state index contributed by atoms with van der Waals surface area (Å²) in [5, 5.41) is 0. The molecule has 0 bridgehead atoms. The summed E-state index contributed by atoms with van der Waals surface area (Å²) in [6, 6.07) is 8.73. The molecule has 2 atom stereocenters. The van der Waals surface area contributed by atoms with Crippen molar-refractivity contribution in [3.63, 3.8) is 0 Å². The Morgan fingerprint density at radius 3 is 2.06 bits per heavy atom. The van der Waals surface area contributed by atoms with Crippen LogP contribution in [0.1, 0.15) is 37.6 Å². The van der Waals surface area contributed by atoms with E-state index >= 15 is 0 Å². The third-order valence-electron chi connectivity index (χ3n) is 2.96. The van der Waals surface area contributed by atoms with Crippen LogP contribution in [0.15, 0.2) is 30.3 Å². The second-order valence-electron chi connectivity index (χ2n) is 4.70. The lowest BCUT2D eigenvalue weighted by Gasteiger charge is -2.19. The Kier molecular flexibility index (Phi) is 4.95.